The molecule has 0 fully saturated rings. The van der Waals surface area contributed by atoms with Gasteiger partial charge in [-0.2, -0.15) is 35.1 Å². The van der Waals surface area contributed by atoms with Crippen LogP contribution in [0, 0.1) is 23.3 Å². The smallest absolute Gasteiger partial charge is 0.426 e. The van der Waals surface area contributed by atoms with Crippen molar-refractivity contribution in [1.82, 2.24) is 0 Å². The van der Waals surface area contributed by atoms with Crippen molar-refractivity contribution < 1.29 is 68.3 Å². The summed E-state index contributed by atoms with van der Waals surface area (Å²) in [5.74, 6) is -7.70. The first-order valence-corrected chi connectivity index (χ1v) is 20.1. The van der Waals surface area contributed by atoms with Crippen LogP contribution in [0.25, 0.3) is 0 Å². The number of halogens is 8. The van der Waals surface area contributed by atoms with Gasteiger partial charge < -0.3 is 28.4 Å². The fourth-order valence-electron chi connectivity index (χ4n) is 6.02. The normalized spacial score (nSPS) is 11.6. The fourth-order valence-corrected chi connectivity index (χ4v) is 6.02. The summed E-state index contributed by atoms with van der Waals surface area (Å²) in [6, 6.07) is 13.6. The quantitative estimate of drug-likeness (QED) is 0.0416. The fraction of sp³-hybridized carbons (Fsp3) is 0.444. The third-order valence-electron chi connectivity index (χ3n) is 9.22. The number of ether oxygens (including phenoxy) is 6. The molecule has 4 rings (SSSR count). The van der Waals surface area contributed by atoms with Gasteiger partial charge in [-0.1, -0.05) is 38.5 Å². The minimum Gasteiger partial charge on any atom is -0.494 e. The SMILES string of the molecule is CCOc1ccc(OC(F)(F)c2ccc(OCCCCCCCC(=O)CCCCCCCOc3ccc(C(F)(F)Oc4ccc(OCC)c(F)c4F)cc3)cc2)c(F)c1F. The number of carbonyl (C=O) groups is 1. The van der Waals surface area contributed by atoms with E-state index in [0.29, 0.717) is 37.6 Å². The van der Waals surface area contributed by atoms with Crippen LogP contribution in [0.5, 0.6) is 34.5 Å². The largest absolute Gasteiger partial charge is 0.494 e. The van der Waals surface area contributed by atoms with Crippen molar-refractivity contribution in [3.05, 3.63) is 107 Å². The van der Waals surface area contributed by atoms with E-state index in [9.17, 15) is 39.9 Å². The zero-order chi connectivity index (χ0) is 43.5. The van der Waals surface area contributed by atoms with Crippen molar-refractivity contribution in [3.8, 4) is 34.5 Å². The Morgan fingerprint density at radius 2 is 0.750 bits per heavy atom. The average molecular weight is 855 g/mol. The number of carbonyl (C=O) groups excluding carboxylic acids is 1. The zero-order valence-electron chi connectivity index (χ0n) is 33.6. The first kappa shape index (κ1) is 47.5. The monoisotopic (exact) mass is 854 g/mol. The highest BCUT2D eigenvalue weighted by Crippen LogP contribution is 2.38. The molecule has 0 aliphatic rings. The van der Waals surface area contributed by atoms with Gasteiger partial charge >= 0.3 is 12.2 Å². The summed E-state index contributed by atoms with van der Waals surface area (Å²) in [5.41, 5.74) is -1.12. The Morgan fingerprint density at radius 1 is 0.433 bits per heavy atom. The molecule has 0 aliphatic heterocycles. The molecule has 0 atom stereocenters. The first-order valence-electron chi connectivity index (χ1n) is 20.1. The predicted octanol–water partition coefficient (Wildman–Crippen LogP) is 13.0. The lowest BCUT2D eigenvalue weighted by atomic mass is 10.0. The van der Waals surface area contributed by atoms with Gasteiger partial charge in [0.2, 0.25) is 23.3 Å². The highest BCUT2D eigenvalue weighted by molar-refractivity contribution is 5.78. The van der Waals surface area contributed by atoms with Crippen LogP contribution in [0.4, 0.5) is 35.1 Å². The summed E-state index contributed by atoms with van der Waals surface area (Å²) < 4.78 is 145. The minimum absolute atomic E-state index is 0.0722. The van der Waals surface area contributed by atoms with Crippen LogP contribution in [-0.2, 0) is 17.0 Å². The Bertz CT molecular complexity index is 1790. The molecule has 60 heavy (non-hydrogen) atoms. The van der Waals surface area contributed by atoms with Gasteiger partial charge in [0, 0.05) is 12.8 Å². The third-order valence-corrected chi connectivity index (χ3v) is 9.22. The van der Waals surface area contributed by atoms with Gasteiger partial charge in [0.1, 0.15) is 17.3 Å². The Balaban J connectivity index is 0.989. The number of unbranched alkanes of at least 4 members (excludes halogenated alkanes) is 8. The lowest BCUT2D eigenvalue weighted by Crippen LogP contribution is -2.22. The summed E-state index contributed by atoms with van der Waals surface area (Å²) >= 11 is 0. The number of ketones is 1. The van der Waals surface area contributed by atoms with E-state index in [4.69, 9.17) is 18.9 Å². The molecular formula is C45H50F8O7. The second-order valence-corrected chi connectivity index (χ2v) is 13.8. The van der Waals surface area contributed by atoms with Gasteiger partial charge in [-0.15, -0.1) is 0 Å². The van der Waals surface area contributed by atoms with E-state index in [-0.39, 0.29) is 19.0 Å². The van der Waals surface area contributed by atoms with E-state index in [0.717, 1.165) is 113 Å². The van der Waals surface area contributed by atoms with E-state index in [2.05, 4.69) is 9.47 Å². The maximum Gasteiger partial charge on any atom is 0.426 e. The summed E-state index contributed by atoms with van der Waals surface area (Å²) in [4.78, 5) is 12.3. The molecule has 0 unspecified atom stereocenters. The van der Waals surface area contributed by atoms with Crippen LogP contribution < -0.4 is 28.4 Å². The molecule has 15 heteroatoms. The molecule has 0 radical (unpaired) electrons. The molecule has 0 saturated carbocycles. The molecule has 0 aliphatic carbocycles. The molecule has 0 N–H and O–H groups in total. The molecule has 0 saturated heterocycles. The predicted molar refractivity (Wildman–Crippen MR) is 208 cm³/mol. The van der Waals surface area contributed by atoms with Crippen LogP contribution >= 0.6 is 0 Å². The number of rotatable bonds is 28. The lowest BCUT2D eigenvalue weighted by Gasteiger charge is -2.19. The highest BCUT2D eigenvalue weighted by atomic mass is 19.3. The molecule has 7 nitrogen and oxygen atoms in total. The number of Topliss-reactive ketones (excluding diaryl/α,β-unsaturated/α-hetero) is 1. The topological polar surface area (TPSA) is 72.5 Å². The summed E-state index contributed by atoms with van der Waals surface area (Å²) in [7, 11) is 0. The van der Waals surface area contributed by atoms with Gasteiger partial charge in [-0.05, 0) is 112 Å². The summed E-state index contributed by atoms with van der Waals surface area (Å²) in [6.45, 7) is 4.04. The molecule has 4 aromatic carbocycles. The number of benzene rings is 4. The third kappa shape index (κ3) is 14.5. The second kappa shape index (κ2) is 23.5. The molecular weight excluding hydrogens is 804 g/mol. The van der Waals surface area contributed by atoms with Crippen molar-refractivity contribution in [2.45, 2.75) is 103 Å². The molecule has 0 spiro atoms. The van der Waals surface area contributed by atoms with Gasteiger partial charge in [-0.25, -0.2) is 0 Å². The average Bonchev–Trinajstić information content (AvgIpc) is 3.23. The van der Waals surface area contributed by atoms with E-state index in [1.165, 1.54) is 24.3 Å². The molecule has 0 amide bonds. The van der Waals surface area contributed by atoms with Crippen LogP contribution in [0.3, 0.4) is 0 Å². The van der Waals surface area contributed by atoms with Crippen LogP contribution in [0.2, 0.25) is 0 Å². The van der Waals surface area contributed by atoms with Crippen LogP contribution in [0.1, 0.15) is 102 Å². The van der Waals surface area contributed by atoms with E-state index >= 15 is 0 Å². The molecule has 4 aromatic rings. The van der Waals surface area contributed by atoms with E-state index < -0.39 is 69.6 Å². The van der Waals surface area contributed by atoms with Crippen molar-refractivity contribution in [3.63, 3.8) is 0 Å². The number of alkyl halides is 4. The standard InChI is InChI=1S/C45H50F8O7/c1-3-55-36-25-27-38(42(48)40(36)46)59-44(50,51)31-17-21-34(22-18-31)57-29-13-9-5-7-11-15-33(54)16-12-8-6-10-14-30-58-35-23-19-32(20-24-35)45(52,53)60-39-28-26-37(56-4-2)41(47)43(39)49/h17-28H,3-16,29-30H2,1-2H3. The summed E-state index contributed by atoms with van der Waals surface area (Å²) in [5, 5.41) is 0. The van der Waals surface area contributed by atoms with Gasteiger partial charge in [0.25, 0.3) is 0 Å². The van der Waals surface area contributed by atoms with Gasteiger partial charge in [-0.3, -0.25) is 4.79 Å². The highest BCUT2D eigenvalue weighted by Gasteiger charge is 2.37. The Kier molecular flexibility index (Phi) is 18.6. The number of hydrogen-bond donors (Lipinski definition) is 0. The molecule has 328 valence electrons. The van der Waals surface area contributed by atoms with Crippen LogP contribution in [0.15, 0.2) is 72.8 Å². The van der Waals surface area contributed by atoms with Gasteiger partial charge in [0.15, 0.2) is 23.0 Å². The Morgan fingerprint density at radius 3 is 1.12 bits per heavy atom. The van der Waals surface area contributed by atoms with E-state index in [1.54, 1.807) is 13.8 Å². The lowest BCUT2D eigenvalue weighted by molar-refractivity contribution is -0.187. The maximum atomic E-state index is 14.7. The van der Waals surface area contributed by atoms with Gasteiger partial charge in [0.05, 0.1) is 37.6 Å². The van der Waals surface area contributed by atoms with Crippen molar-refractivity contribution >= 4 is 5.78 Å². The van der Waals surface area contributed by atoms with Crippen molar-refractivity contribution in [1.29, 1.82) is 0 Å². The maximum absolute atomic E-state index is 14.7. The Hall–Kier alpha value is -5.21. The zero-order valence-corrected chi connectivity index (χ0v) is 33.6. The van der Waals surface area contributed by atoms with Crippen LogP contribution in [-0.4, -0.2) is 32.2 Å². The first-order chi connectivity index (χ1) is 28.8. The summed E-state index contributed by atoms with van der Waals surface area (Å²) in [6.07, 6.45) is 1.66. The van der Waals surface area contributed by atoms with Crippen molar-refractivity contribution in [2.24, 2.45) is 0 Å². The van der Waals surface area contributed by atoms with E-state index in [1.807, 2.05) is 0 Å². The second-order valence-electron chi connectivity index (χ2n) is 13.8. The number of hydrogen-bond acceptors (Lipinski definition) is 7. The molecule has 0 bridgehead atoms. The minimum atomic E-state index is -3.93. The molecule has 0 heterocycles. The molecule has 0 aromatic heterocycles. The Labute approximate surface area is 344 Å². The van der Waals surface area contributed by atoms with Crippen molar-refractivity contribution in [2.75, 3.05) is 26.4 Å².